The molecule has 0 fully saturated rings. The van der Waals surface area contributed by atoms with Gasteiger partial charge in [0, 0.05) is 46.6 Å². The Labute approximate surface area is 220 Å². The van der Waals surface area contributed by atoms with Gasteiger partial charge in [0.1, 0.15) is 0 Å². The van der Waals surface area contributed by atoms with Crippen LogP contribution < -0.4 is 20.6 Å². The monoisotopic (exact) mass is 488 g/mol. The fourth-order valence-electron chi connectivity index (χ4n) is 6.48. The third kappa shape index (κ3) is 2.46. The summed E-state index contributed by atoms with van der Waals surface area (Å²) < 4.78 is 4.56. The van der Waals surface area contributed by atoms with Crippen molar-refractivity contribution in [3.63, 3.8) is 0 Å². The number of fused-ring (bicyclic) bond motifs is 6. The van der Waals surface area contributed by atoms with Gasteiger partial charge in [-0.2, -0.15) is 9.13 Å². The van der Waals surface area contributed by atoms with Crippen LogP contribution in [0.25, 0.3) is 21.8 Å². The number of hydrogen-bond acceptors (Lipinski definition) is 2. The minimum Gasteiger partial charge on any atom is -0.398 e. The van der Waals surface area contributed by atoms with E-state index in [0.717, 1.165) is 55.5 Å². The summed E-state index contributed by atoms with van der Waals surface area (Å²) in [6.07, 6.45) is 21.6. The van der Waals surface area contributed by atoms with E-state index in [1.165, 1.54) is 0 Å². The summed E-state index contributed by atoms with van der Waals surface area (Å²) in [7, 11) is 0. The van der Waals surface area contributed by atoms with Gasteiger partial charge in [0.2, 0.25) is 11.0 Å². The molecule has 38 heavy (non-hydrogen) atoms. The molecule has 4 N–H and O–H groups in total. The van der Waals surface area contributed by atoms with E-state index in [2.05, 4.69) is 118 Å². The molecule has 2 aromatic heterocycles. The Morgan fingerprint density at radius 3 is 1.24 bits per heavy atom. The molecule has 0 saturated carbocycles. The number of benzene rings is 2. The molecule has 8 rings (SSSR count). The summed E-state index contributed by atoms with van der Waals surface area (Å²) in [4.78, 5) is 0. The number of nitrogens with zero attached hydrogens (tertiary/aromatic N) is 2. The normalized spacial score (nSPS) is 18.8. The highest BCUT2D eigenvalue weighted by molar-refractivity contribution is 5.89. The van der Waals surface area contributed by atoms with Crippen molar-refractivity contribution in [1.29, 1.82) is 0 Å². The van der Waals surface area contributed by atoms with Gasteiger partial charge in [-0.1, -0.05) is 24.3 Å². The van der Waals surface area contributed by atoms with E-state index in [0.29, 0.717) is 0 Å². The smallest absolute Gasteiger partial charge is 0.280 e. The number of hydrogen-bond donors (Lipinski definition) is 2. The van der Waals surface area contributed by atoms with Gasteiger partial charge in [-0.25, -0.2) is 0 Å². The lowest BCUT2D eigenvalue weighted by molar-refractivity contribution is -0.708. The van der Waals surface area contributed by atoms with Gasteiger partial charge in [0.25, 0.3) is 11.1 Å². The maximum atomic E-state index is 6.40. The predicted molar refractivity (Wildman–Crippen MR) is 151 cm³/mol. The molecule has 4 aliphatic carbocycles. The van der Waals surface area contributed by atoms with Gasteiger partial charge in [-0.05, 0) is 72.6 Å². The van der Waals surface area contributed by atoms with Gasteiger partial charge < -0.3 is 11.5 Å². The molecule has 0 spiro atoms. The average Bonchev–Trinajstić information content (AvgIpc) is 3.70. The molecule has 0 saturated heterocycles. The lowest BCUT2D eigenvalue weighted by Crippen LogP contribution is -2.58. The molecular formula is C34H24N4+2. The number of aromatic nitrogens is 2. The number of nitrogens with two attached hydrogens (primary N) is 2. The second-order valence-corrected chi connectivity index (χ2v) is 10.1. The summed E-state index contributed by atoms with van der Waals surface area (Å²) in [6, 6.07) is 20.5. The van der Waals surface area contributed by atoms with Crippen LogP contribution >= 0.6 is 0 Å². The van der Waals surface area contributed by atoms with Crippen molar-refractivity contribution in [1.82, 2.24) is 0 Å². The SMILES string of the molecule is Nc1cc[n+](C2(C#CC3([n+]4ccc(N)c5ccccc54)C4=CC=C3C=C4)C3=CC=C2C=C3)c2ccccc12. The maximum absolute atomic E-state index is 6.40. The first kappa shape index (κ1) is 21.0. The molecule has 0 aliphatic heterocycles. The van der Waals surface area contributed by atoms with Crippen LogP contribution in [0, 0.1) is 11.8 Å². The molecule has 0 amide bonds. The van der Waals surface area contributed by atoms with Crippen molar-refractivity contribution in [2.75, 3.05) is 11.5 Å². The Morgan fingerprint density at radius 1 is 0.500 bits per heavy atom. The highest BCUT2D eigenvalue weighted by Crippen LogP contribution is 2.45. The van der Waals surface area contributed by atoms with Crippen molar-refractivity contribution in [3.8, 4) is 11.8 Å². The van der Waals surface area contributed by atoms with E-state index in [1.807, 2.05) is 24.3 Å². The Kier molecular flexibility index (Phi) is 3.98. The zero-order valence-electron chi connectivity index (χ0n) is 20.6. The number of anilines is 2. The quantitative estimate of drug-likeness (QED) is 0.318. The van der Waals surface area contributed by atoms with Crippen LogP contribution in [0.1, 0.15) is 0 Å². The van der Waals surface area contributed by atoms with Crippen molar-refractivity contribution in [2.24, 2.45) is 0 Å². The topological polar surface area (TPSA) is 59.8 Å². The van der Waals surface area contributed by atoms with E-state index in [1.54, 1.807) is 0 Å². The van der Waals surface area contributed by atoms with E-state index < -0.39 is 11.1 Å². The highest BCUT2D eigenvalue weighted by atomic mass is 15.1. The zero-order chi connectivity index (χ0) is 25.5. The number of rotatable bonds is 2. The van der Waals surface area contributed by atoms with Crippen LogP contribution in [-0.2, 0) is 11.1 Å². The largest absolute Gasteiger partial charge is 0.398 e. The third-order valence-corrected chi connectivity index (χ3v) is 8.34. The molecule has 0 radical (unpaired) electrons. The van der Waals surface area contributed by atoms with Crippen LogP contribution in [0.2, 0.25) is 0 Å². The average molecular weight is 489 g/mol. The molecule has 4 aliphatic rings. The number of nitrogen functional groups attached to an aromatic ring is 2. The summed E-state index contributed by atoms with van der Waals surface area (Å²) in [6.45, 7) is 0. The lowest BCUT2D eigenvalue weighted by Gasteiger charge is -2.23. The Morgan fingerprint density at radius 2 is 0.868 bits per heavy atom. The number of para-hydroxylation sites is 2. The van der Waals surface area contributed by atoms with Crippen LogP contribution in [-0.4, -0.2) is 0 Å². The first-order chi connectivity index (χ1) is 18.6. The zero-order valence-corrected chi connectivity index (χ0v) is 20.6. The van der Waals surface area contributed by atoms with Crippen molar-refractivity contribution in [3.05, 3.63) is 144 Å². The maximum Gasteiger partial charge on any atom is 0.280 e. The Hall–Kier alpha value is -5.14. The van der Waals surface area contributed by atoms with Gasteiger partial charge >= 0.3 is 0 Å². The Balaban J connectivity index is 1.43. The summed E-state index contributed by atoms with van der Waals surface area (Å²) in [5, 5.41) is 2.04. The van der Waals surface area contributed by atoms with Crippen molar-refractivity contribution < 1.29 is 9.13 Å². The van der Waals surface area contributed by atoms with E-state index >= 15 is 0 Å². The molecule has 178 valence electrons. The van der Waals surface area contributed by atoms with Crippen molar-refractivity contribution in [2.45, 2.75) is 11.1 Å². The molecule has 2 aromatic carbocycles. The lowest BCUT2D eigenvalue weighted by atomic mass is 9.85. The number of allylic oxidation sites excluding steroid dienone is 12. The fraction of sp³-hybridized carbons (Fsp3) is 0.0588. The van der Waals surface area contributed by atoms with Gasteiger partial charge in [0.05, 0.1) is 22.1 Å². The van der Waals surface area contributed by atoms with Gasteiger partial charge in [-0.3, -0.25) is 0 Å². The van der Waals surface area contributed by atoms with E-state index in [-0.39, 0.29) is 0 Å². The van der Waals surface area contributed by atoms with Crippen LogP contribution in [0.3, 0.4) is 0 Å². The van der Waals surface area contributed by atoms with Crippen LogP contribution in [0.5, 0.6) is 0 Å². The molecule has 4 nitrogen and oxygen atoms in total. The standard InChI is InChI=1S/C34H22N4/c35-29-17-21-37(31-7-3-1-5-27(29)31)33(23-9-10-24(33)12-11-23)19-20-34(25-13-14-26(34)16-15-25)38-22-18-30(36)28-6-2-4-8-32(28)38/h1-18,21-22,35-36H/p+2. The Bertz CT molecular complexity index is 1820. The van der Waals surface area contributed by atoms with Crippen LogP contribution in [0.4, 0.5) is 11.4 Å². The fourth-order valence-corrected chi connectivity index (χ4v) is 6.48. The van der Waals surface area contributed by atoms with Crippen molar-refractivity contribution >= 4 is 33.2 Å². The van der Waals surface area contributed by atoms with Gasteiger partial charge in [-0.15, -0.1) is 0 Å². The van der Waals surface area contributed by atoms with Crippen LogP contribution in [0.15, 0.2) is 144 Å². The highest BCUT2D eigenvalue weighted by Gasteiger charge is 2.55. The predicted octanol–water partition coefficient (Wildman–Crippen LogP) is 4.70. The van der Waals surface area contributed by atoms with Gasteiger partial charge in [0.15, 0.2) is 12.4 Å². The molecule has 0 unspecified atom stereocenters. The molecule has 4 bridgehead atoms. The molecule has 4 aromatic rings. The minimum absolute atomic E-state index is 0.645. The summed E-state index contributed by atoms with van der Waals surface area (Å²) in [5.41, 5.74) is 19.8. The second-order valence-electron chi connectivity index (χ2n) is 10.1. The first-order valence-electron chi connectivity index (χ1n) is 12.8. The molecule has 4 heteroatoms. The molecular weight excluding hydrogens is 464 g/mol. The second kappa shape index (κ2) is 7.21. The number of pyridine rings is 2. The molecule has 0 atom stereocenters. The minimum atomic E-state index is -0.645. The van der Waals surface area contributed by atoms with E-state index in [4.69, 9.17) is 11.5 Å². The first-order valence-corrected chi connectivity index (χ1v) is 12.8. The molecule has 2 heterocycles. The van der Waals surface area contributed by atoms with E-state index in [9.17, 15) is 0 Å². The summed E-state index contributed by atoms with van der Waals surface area (Å²) >= 11 is 0. The third-order valence-electron chi connectivity index (χ3n) is 8.34. The summed E-state index contributed by atoms with van der Waals surface area (Å²) in [5.74, 6) is 7.69.